The number of anilines is 2. The lowest BCUT2D eigenvalue weighted by molar-refractivity contribution is 0.204. The van der Waals surface area contributed by atoms with Gasteiger partial charge >= 0.3 is 12.1 Å². The van der Waals surface area contributed by atoms with Crippen LogP contribution in [-0.2, 0) is 0 Å². The SMILES string of the molecule is COc1ccc(NC(=O)N2CCCC2c2cc(O)c(C3CCCN3C(=O)Nc3ccc(OC)cc3)cc2O)cc1. The molecule has 2 heterocycles. The summed E-state index contributed by atoms with van der Waals surface area (Å²) in [4.78, 5) is 29.6. The maximum absolute atomic E-state index is 13.1. The summed E-state index contributed by atoms with van der Waals surface area (Å²) in [5, 5.41) is 28.0. The summed E-state index contributed by atoms with van der Waals surface area (Å²) in [5.41, 5.74) is 2.23. The van der Waals surface area contributed by atoms with Crippen LogP contribution in [0.3, 0.4) is 0 Å². The van der Waals surface area contributed by atoms with Crippen LogP contribution in [0.4, 0.5) is 21.0 Å². The number of phenols is 2. The number of phenolic OH excluding ortho intramolecular Hbond substituents is 2. The number of ether oxygens (including phenoxy) is 2. The molecule has 0 aromatic heterocycles. The summed E-state index contributed by atoms with van der Waals surface area (Å²) in [6.07, 6.45) is 2.85. The number of nitrogens with one attached hydrogen (secondary N) is 2. The van der Waals surface area contributed by atoms with Crippen molar-refractivity contribution in [3.63, 3.8) is 0 Å². The van der Waals surface area contributed by atoms with E-state index < -0.39 is 12.1 Å². The number of aromatic hydroxyl groups is 2. The molecule has 3 aromatic rings. The number of urea groups is 2. The second kappa shape index (κ2) is 11.6. The molecule has 5 rings (SSSR count). The molecule has 3 aromatic carbocycles. The molecule has 2 fully saturated rings. The number of carbonyl (C=O) groups is 2. The number of rotatable bonds is 6. The number of hydrogen-bond acceptors (Lipinski definition) is 6. The Labute approximate surface area is 233 Å². The number of likely N-dealkylation sites (tertiary alicyclic amines) is 2. The number of benzene rings is 3. The minimum Gasteiger partial charge on any atom is -0.508 e. The van der Waals surface area contributed by atoms with Crippen molar-refractivity contribution in [3.05, 3.63) is 71.8 Å². The van der Waals surface area contributed by atoms with Crippen molar-refractivity contribution < 1.29 is 29.3 Å². The molecule has 0 radical (unpaired) electrons. The van der Waals surface area contributed by atoms with Crippen molar-refractivity contribution in [1.29, 1.82) is 0 Å². The summed E-state index contributed by atoms with van der Waals surface area (Å²) in [7, 11) is 3.16. The lowest BCUT2D eigenvalue weighted by Crippen LogP contribution is -2.35. The lowest BCUT2D eigenvalue weighted by atomic mass is 9.96. The van der Waals surface area contributed by atoms with Crippen LogP contribution in [0.15, 0.2) is 60.7 Å². The van der Waals surface area contributed by atoms with E-state index in [2.05, 4.69) is 10.6 Å². The molecule has 4 N–H and O–H groups in total. The van der Waals surface area contributed by atoms with Gasteiger partial charge in [-0.1, -0.05) is 0 Å². The largest absolute Gasteiger partial charge is 0.508 e. The van der Waals surface area contributed by atoms with E-state index in [0.717, 1.165) is 12.8 Å². The van der Waals surface area contributed by atoms with E-state index >= 15 is 0 Å². The van der Waals surface area contributed by atoms with Gasteiger partial charge in [0.25, 0.3) is 0 Å². The third-order valence-electron chi connectivity index (χ3n) is 7.60. The van der Waals surface area contributed by atoms with E-state index in [0.29, 0.717) is 59.9 Å². The Bertz CT molecular complexity index is 1260. The molecule has 2 aliphatic heterocycles. The highest BCUT2D eigenvalue weighted by Crippen LogP contribution is 2.44. The molecule has 2 saturated heterocycles. The average Bonchev–Trinajstić information content (AvgIpc) is 3.65. The van der Waals surface area contributed by atoms with Crippen molar-refractivity contribution in [1.82, 2.24) is 9.80 Å². The highest BCUT2D eigenvalue weighted by atomic mass is 16.5. The van der Waals surface area contributed by atoms with Gasteiger partial charge in [-0.15, -0.1) is 0 Å². The Morgan fingerprint density at radius 3 is 1.43 bits per heavy atom. The minimum atomic E-state index is -0.392. The molecule has 0 bridgehead atoms. The predicted molar refractivity (Wildman–Crippen MR) is 151 cm³/mol. The zero-order chi connectivity index (χ0) is 28.2. The first-order valence-electron chi connectivity index (χ1n) is 13.4. The quantitative estimate of drug-likeness (QED) is 0.288. The van der Waals surface area contributed by atoms with Gasteiger partial charge in [-0.05, 0) is 86.3 Å². The zero-order valence-corrected chi connectivity index (χ0v) is 22.6. The normalized spacial score (nSPS) is 18.4. The molecule has 2 aliphatic rings. The van der Waals surface area contributed by atoms with E-state index in [4.69, 9.17) is 9.47 Å². The van der Waals surface area contributed by atoms with Gasteiger partial charge in [0.1, 0.15) is 23.0 Å². The van der Waals surface area contributed by atoms with Gasteiger partial charge in [0, 0.05) is 35.6 Å². The number of carbonyl (C=O) groups excluding carboxylic acids is 2. The van der Waals surface area contributed by atoms with Crippen molar-refractivity contribution in [2.24, 2.45) is 0 Å². The number of hydrogen-bond donors (Lipinski definition) is 4. The van der Waals surface area contributed by atoms with E-state index in [9.17, 15) is 19.8 Å². The molecule has 0 spiro atoms. The Balaban J connectivity index is 1.31. The summed E-state index contributed by atoms with van der Waals surface area (Å²) in [5.74, 6) is 1.36. The maximum Gasteiger partial charge on any atom is 0.322 e. The van der Waals surface area contributed by atoms with Gasteiger partial charge < -0.3 is 40.1 Å². The maximum atomic E-state index is 13.1. The van der Waals surface area contributed by atoms with Crippen LogP contribution < -0.4 is 20.1 Å². The third kappa shape index (κ3) is 5.56. The summed E-state index contributed by atoms with van der Waals surface area (Å²) < 4.78 is 10.3. The fourth-order valence-electron chi connectivity index (χ4n) is 5.55. The fraction of sp³-hybridized carbons (Fsp3) is 0.333. The Morgan fingerprint density at radius 1 is 0.700 bits per heavy atom. The third-order valence-corrected chi connectivity index (χ3v) is 7.60. The first kappa shape index (κ1) is 27.0. The van der Waals surface area contributed by atoms with E-state index in [1.165, 1.54) is 12.1 Å². The number of nitrogens with zero attached hydrogens (tertiary/aromatic N) is 2. The van der Waals surface area contributed by atoms with Crippen LogP contribution in [0.5, 0.6) is 23.0 Å². The monoisotopic (exact) mass is 546 g/mol. The lowest BCUT2D eigenvalue weighted by Gasteiger charge is -2.29. The highest BCUT2D eigenvalue weighted by Gasteiger charge is 2.35. The molecule has 10 nitrogen and oxygen atoms in total. The van der Waals surface area contributed by atoms with E-state index in [-0.39, 0.29) is 23.6 Å². The van der Waals surface area contributed by atoms with Crippen molar-refractivity contribution >= 4 is 23.4 Å². The molecule has 10 heteroatoms. The Morgan fingerprint density at radius 2 is 1.07 bits per heavy atom. The highest BCUT2D eigenvalue weighted by molar-refractivity contribution is 5.90. The molecule has 0 aliphatic carbocycles. The van der Waals surface area contributed by atoms with Crippen LogP contribution in [-0.4, -0.2) is 59.4 Å². The minimum absolute atomic E-state index is 0.00985. The zero-order valence-electron chi connectivity index (χ0n) is 22.6. The topological polar surface area (TPSA) is 124 Å². The van der Waals surface area contributed by atoms with Crippen molar-refractivity contribution in [2.75, 3.05) is 37.9 Å². The Hall–Kier alpha value is -4.60. The fourth-order valence-corrected chi connectivity index (χ4v) is 5.55. The number of methoxy groups -OCH3 is 2. The van der Waals surface area contributed by atoms with Crippen LogP contribution in [0.25, 0.3) is 0 Å². The second-order valence-electron chi connectivity index (χ2n) is 9.99. The molecular formula is C30H34N4O6. The van der Waals surface area contributed by atoms with Crippen molar-refractivity contribution in [2.45, 2.75) is 37.8 Å². The van der Waals surface area contributed by atoms with E-state index in [1.54, 1.807) is 72.6 Å². The van der Waals surface area contributed by atoms with Crippen LogP contribution in [0.1, 0.15) is 48.9 Å². The average molecular weight is 547 g/mol. The number of amides is 4. The van der Waals surface area contributed by atoms with Gasteiger partial charge in [-0.2, -0.15) is 0 Å². The van der Waals surface area contributed by atoms with Crippen LogP contribution in [0, 0.1) is 0 Å². The van der Waals surface area contributed by atoms with Gasteiger partial charge in [-0.25, -0.2) is 9.59 Å². The smallest absolute Gasteiger partial charge is 0.322 e. The molecule has 0 saturated carbocycles. The van der Waals surface area contributed by atoms with Crippen LogP contribution >= 0.6 is 0 Å². The Kier molecular flexibility index (Phi) is 7.86. The van der Waals surface area contributed by atoms with E-state index in [1.807, 2.05) is 0 Å². The van der Waals surface area contributed by atoms with Crippen molar-refractivity contribution in [3.8, 4) is 23.0 Å². The molecule has 2 atom stereocenters. The first-order chi connectivity index (χ1) is 19.4. The van der Waals surface area contributed by atoms with Crippen LogP contribution in [0.2, 0.25) is 0 Å². The van der Waals surface area contributed by atoms with Gasteiger partial charge in [-0.3, -0.25) is 0 Å². The standard InChI is InChI=1S/C30H34N4O6/c1-39-21-11-7-19(8-12-21)31-29(37)33-15-3-5-25(33)23-17-28(36)24(18-27(23)35)26-6-4-16-34(26)30(38)32-20-9-13-22(40-2)14-10-20/h7-14,17-18,25-26,35-36H,3-6,15-16H2,1-2H3,(H,31,37)(H,32,38). The molecule has 2 unspecified atom stereocenters. The predicted octanol–water partition coefficient (Wildman–Crippen LogP) is 5.85. The van der Waals surface area contributed by atoms with Gasteiger partial charge in [0.2, 0.25) is 0 Å². The summed E-state index contributed by atoms with van der Waals surface area (Å²) in [6, 6.07) is 15.8. The summed E-state index contributed by atoms with van der Waals surface area (Å²) >= 11 is 0. The molecule has 40 heavy (non-hydrogen) atoms. The molecule has 4 amide bonds. The van der Waals surface area contributed by atoms with Gasteiger partial charge in [0.05, 0.1) is 26.3 Å². The second-order valence-corrected chi connectivity index (χ2v) is 9.99. The summed E-state index contributed by atoms with van der Waals surface area (Å²) in [6.45, 7) is 1.05. The molecular weight excluding hydrogens is 512 g/mol. The van der Waals surface area contributed by atoms with Gasteiger partial charge in [0.15, 0.2) is 0 Å². The first-order valence-corrected chi connectivity index (χ1v) is 13.4. The molecule has 210 valence electrons.